The second-order valence-corrected chi connectivity index (χ2v) is 8.89. The van der Waals surface area contributed by atoms with E-state index in [1.807, 2.05) is 22.8 Å². The first-order valence-corrected chi connectivity index (χ1v) is 11.2. The standard InChI is InChI=1S/C28H26FN3O/c1-18-9-10-19(2)22(13-18)16-32-25-12-11-23(29)14-24(25)26-27(32)28(33)31(17-30-26)15-20(3)21-7-5-4-6-8-21/h4-14,17,20H,15-16H2,1-3H3/t20-/m0/s1. The molecule has 2 heterocycles. The summed E-state index contributed by atoms with van der Waals surface area (Å²) in [5, 5.41) is 0.663. The molecule has 0 aliphatic heterocycles. The van der Waals surface area contributed by atoms with Crippen molar-refractivity contribution >= 4 is 21.9 Å². The number of halogens is 1. The van der Waals surface area contributed by atoms with E-state index in [9.17, 15) is 9.18 Å². The summed E-state index contributed by atoms with van der Waals surface area (Å²) in [6, 6.07) is 21.1. The molecular weight excluding hydrogens is 413 g/mol. The number of nitrogens with zero attached hydrogens (tertiary/aromatic N) is 3. The predicted molar refractivity (Wildman–Crippen MR) is 131 cm³/mol. The molecule has 33 heavy (non-hydrogen) atoms. The normalized spacial score (nSPS) is 12.5. The smallest absolute Gasteiger partial charge is 0.277 e. The lowest BCUT2D eigenvalue weighted by molar-refractivity contribution is 0.575. The van der Waals surface area contributed by atoms with E-state index in [2.05, 4.69) is 56.1 Å². The van der Waals surface area contributed by atoms with Crippen LogP contribution in [0.3, 0.4) is 0 Å². The highest BCUT2D eigenvalue weighted by atomic mass is 19.1. The topological polar surface area (TPSA) is 39.8 Å². The molecule has 0 radical (unpaired) electrons. The Balaban J connectivity index is 1.69. The molecule has 166 valence electrons. The van der Waals surface area contributed by atoms with Crippen molar-refractivity contribution in [2.45, 2.75) is 39.8 Å². The maximum atomic E-state index is 14.1. The van der Waals surface area contributed by atoms with Crippen LogP contribution < -0.4 is 5.56 Å². The van der Waals surface area contributed by atoms with Crippen LogP contribution in [0.25, 0.3) is 21.9 Å². The van der Waals surface area contributed by atoms with Crippen molar-refractivity contribution in [2.24, 2.45) is 0 Å². The highest BCUT2D eigenvalue weighted by molar-refractivity contribution is 6.05. The average Bonchev–Trinajstić information content (AvgIpc) is 3.12. The summed E-state index contributed by atoms with van der Waals surface area (Å²) in [4.78, 5) is 18.4. The summed E-state index contributed by atoms with van der Waals surface area (Å²) in [5.74, 6) is -0.186. The molecule has 0 saturated carbocycles. The van der Waals surface area contributed by atoms with Crippen LogP contribution in [0.1, 0.15) is 35.1 Å². The van der Waals surface area contributed by atoms with Crippen molar-refractivity contribution in [3.8, 4) is 0 Å². The van der Waals surface area contributed by atoms with Gasteiger partial charge in [0, 0.05) is 18.5 Å². The molecule has 0 aliphatic carbocycles. The molecule has 3 aromatic carbocycles. The largest absolute Gasteiger partial charge is 0.330 e. The third-order valence-electron chi connectivity index (χ3n) is 6.46. The monoisotopic (exact) mass is 439 g/mol. The molecule has 0 N–H and O–H groups in total. The number of aromatic nitrogens is 3. The van der Waals surface area contributed by atoms with E-state index in [4.69, 9.17) is 0 Å². The highest BCUT2D eigenvalue weighted by Gasteiger charge is 2.19. The van der Waals surface area contributed by atoms with Crippen LogP contribution in [0, 0.1) is 19.7 Å². The lowest BCUT2D eigenvalue weighted by Crippen LogP contribution is -2.24. The molecule has 4 nitrogen and oxygen atoms in total. The molecule has 2 aromatic heterocycles. The SMILES string of the molecule is Cc1ccc(C)c(Cn2c3ccc(F)cc3c3ncn(C[C@H](C)c4ccccc4)c(=O)c32)c1. The lowest BCUT2D eigenvalue weighted by Gasteiger charge is -2.15. The van der Waals surface area contributed by atoms with E-state index in [0.717, 1.165) is 22.2 Å². The maximum absolute atomic E-state index is 14.1. The van der Waals surface area contributed by atoms with Gasteiger partial charge in [-0.15, -0.1) is 0 Å². The van der Waals surface area contributed by atoms with Gasteiger partial charge in [-0.1, -0.05) is 61.0 Å². The molecule has 5 aromatic rings. The van der Waals surface area contributed by atoms with Gasteiger partial charge in [-0.3, -0.25) is 9.36 Å². The van der Waals surface area contributed by atoms with Crippen molar-refractivity contribution in [2.75, 3.05) is 0 Å². The van der Waals surface area contributed by atoms with E-state index in [-0.39, 0.29) is 17.3 Å². The minimum atomic E-state index is -0.336. The number of fused-ring (bicyclic) bond motifs is 3. The van der Waals surface area contributed by atoms with Crippen molar-refractivity contribution in [3.05, 3.63) is 111 Å². The van der Waals surface area contributed by atoms with Crippen molar-refractivity contribution in [3.63, 3.8) is 0 Å². The van der Waals surface area contributed by atoms with E-state index < -0.39 is 0 Å². The zero-order valence-corrected chi connectivity index (χ0v) is 19.0. The molecule has 1 atom stereocenters. The van der Waals surface area contributed by atoms with E-state index in [0.29, 0.717) is 29.5 Å². The second kappa shape index (κ2) is 8.32. The third kappa shape index (κ3) is 3.84. The molecule has 0 amide bonds. The summed E-state index contributed by atoms with van der Waals surface area (Å²) in [5.41, 5.74) is 6.38. The molecule has 0 bridgehead atoms. The van der Waals surface area contributed by atoms with E-state index in [1.54, 1.807) is 17.0 Å². The summed E-state index contributed by atoms with van der Waals surface area (Å²) >= 11 is 0. The Morgan fingerprint density at radius 2 is 1.79 bits per heavy atom. The molecular formula is C28H26FN3O. The second-order valence-electron chi connectivity index (χ2n) is 8.89. The Morgan fingerprint density at radius 3 is 2.58 bits per heavy atom. The lowest BCUT2D eigenvalue weighted by atomic mass is 10.0. The quantitative estimate of drug-likeness (QED) is 0.339. The fourth-order valence-corrected chi connectivity index (χ4v) is 4.59. The van der Waals surface area contributed by atoms with Crippen LogP contribution in [0.2, 0.25) is 0 Å². The fourth-order valence-electron chi connectivity index (χ4n) is 4.59. The number of rotatable bonds is 5. The Kier molecular flexibility index (Phi) is 5.33. The minimum Gasteiger partial charge on any atom is -0.330 e. The van der Waals surface area contributed by atoms with E-state index >= 15 is 0 Å². The molecule has 0 unspecified atom stereocenters. The first-order valence-electron chi connectivity index (χ1n) is 11.2. The zero-order chi connectivity index (χ0) is 23.1. The highest BCUT2D eigenvalue weighted by Crippen LogP contribution is 2.28. The van der Waals surface area contributed by atoms with Gasteiger partial charge in [-0.25, -0.2) is 9.37 Å². The van der Waals surface area contributed by atoms with Gasteiger partial charge in [0.15, 0.2) is 0 Å². The number of hydrogen-bond donors (Lipinski definition) is 0. The van der Waals surface area contributed by atoms with Crippen LogP contribution in [0.5, 0.6) is 0 Å². The molecule has 0 fully saturated rings. The van der Waals surface area contributed by atoms with Gasteiger partial charge in [0.1, 0.15) is 16.9 Å². The van der Waals surface area contributed by atoms with Gasteiger partial charge in [0.25, 0.3) is 5.56 Å². The maximum Gasteiger partial charge on any atom is 0.277 e. The van der Waals surface area contributed by atoms with Crippen LogP contribution >= 0.6 is 0 Å². The van der Waals surface area contributed by atoms with Gasteiger partial charge < -0.3 is 4.57 Å². The number of aryl methyl sites for hydroxylation is 2. The first-order chi connectivity index (χ1) is 15.9. The van der Waals surface area contributed by atoms with Crippen LogP contribution in [-0.4, -0.2) is 14.1 Å². The van der Waals surface area contributed by atoms with Crippen molar-refractivity contribution in [1.29, 1.82) is 0 Å². The fraction of sp³-hybridized carbons (Fsp3) is 0.214. The Labute approximate surface area is 191 Å². The average molecular weight is 440 g/mol. The molecule has 0 spiro atoms. The van der Waals surface area contributed by atoms with Crippen molar-refractivity contribution < 1.29 is 4.39 Å². The van der Waals surface area contributed by atoms with E-state index in [1.165, 1.54) is 17.7 Å². The number of benzene rings is 3. The van der Waals surface area contributed by atoms with Crippen LogP contribution in [0.4, 0.5) is 4.39 Å². The van der Waals surface area contributed by atoms with Gasteiger partial charge in [0.05, 0.1) is 11.8 Å². The van der Waals surface area contributed by atoms with Gasteiger partial charge in [-0.05, 0) is 54.7 Å². The summed E-state index contributed by atoms with van der Waals surface area (Å²) < 4.78 is 17.8. The van der Waals surface area contributed by atoms with Gasteiger partial charge >= 0.3 is 0 Å². The Hall–Kier alpha value is -3.73. The Morgan fingerprint density at radius 1 is 1.00 bits per heavy atom. The number of hydrogen-bond acceptors (Lipinski definition) is 2. The van der Waals surface area contributed by atoms with Gasteiger partial charge in [0.2, 0.25) is 0 Å². The Bertz CT molecular complexity index is 1530. The summed E-state index contributed by atoms with van der Waals surface area (Å²) in [7, 11) is 0. The van der Waals surface area contributed by atoms with Crippen molar-refractivity contribution in [1.82, 2.24) is 14.1 Å². The van der Waals surface area contributed by atoms with Crippen LogP contribution in [-0.2, 0) is 13.1 Å². The summed E-state index contributed by atoms with van der Waals surface area (Å²) in [6.07, 6.45) is 1.59. The molecule has 0 aliphatic rings. The zero-order valence-electron chi connectivity index (χ0n) is 19.0. The predicted octanol–water partition coefficient (Wildman–Crippen LogP) is 5.96. The first kappa shape index (κ1) is 21.1. The molecule has 5 rings (SSSR count). The molecule has 5 heteroatoms. The summed E-state index contributed by atoms with van der Waals surface area (Å²) in [6.45, 7) is 7.27. The van der Waals surface area contributed by atoms with Crippen LogP contribution in [0.15, 0.2) is 77.9 Å². The third-order valence-corrected chi connectivity index (χ3v) is 6.46. The van der Waals surface area contributed by atoms with Gasteiger partial charge in [-0.2, -0.15) is 0 Å². The minimum absolute atomic E-state index is 0.107. The molecule has 0 saturated heterocycles.